The van der Waals surface area contributed by atoms with Crippen LogP contribution in [0.15, 0.2) is 30.4 Å². The molecule has 0 aliphatic rings. The maximum Gasteiger partial charge on any atom is 0.142 e. The number of hydrogen-bond acceptors (Lipinski definition) is 0. The topological polar surface area (TPSA) is 0 Å². The molecule has 0 nitrogen and oxygen atoms in total. The summed E-state index contributed by atoms with van der Waals surface area (Å²) in [6.07, 6.45) is 5.39. The highest BCUT2D eigenvalue weighted by atomic mass is 35.5. The summed E-state index contributed by atoms with van der Waals surface area (Å²) in [6.45, 7) is 0. The van der Waals surface area contributed by atoms with E-state index < -0.39 is 0 Å². The minimum absolute atomic E-state index is 0.211. The Balaban J connectivity index is 2.63. The summed E-state index contributed by atoms with van der Waals surface area (Å²) in [6, 6.07) is 4.83. The van der Waals surface area contributed by atoms with Crippen LogP contribution in [-0.4, -0.2) is 5.88 Å². The fourth-order valence-electron chi connectivity index (χ4n) is 1.10. The number of benzene rings is 1. The zero-order chi connectivity index (χ0) is 10.4. The van der Waals surface area contributed by atoms with E-state index in [0.29, 0.717) is 12.3 Å². The van der Waals surface area contributed by atoms with E-state index in [4.69, 9.17) is 23.2 Å². The lowest BCUT2D eigenvalue weighted by atomic mass is 10.1. The average molecular weight is 233 g/mol. The Morgan fingerprint density at radius 3 is 2.79 bits per heavy atom. The second-order valence-corrected chi connectivity index (χ2v) is 3.62. The van der Waals surface area contributed by atoms with E-state index in [1.165, 1.54) is 6.07 Å². The molecule has 0 radical (unpaired) electrons. The lowest BCUT2D eigenvalue weighted by Gasteiger charge is -2.00. The SMILES string of the molecule is Fc1cccc(C/C=C/CCCl)c1Cl. The van der Waals surface area contributed by atoms with E-state index >= 15 is 0 Å². The molecule has 0 N–H and O–H groups in total. The molecular weight excluding hydrogens is 222 g/mol. The summed E-state index contributed by atoms with van der Waals surface area (Å²) < 4.78 is 13.0. The van der Waals surface area contributed by atoms with E-state index in [0.717, 1.165) is 12.0 Å². The van der Waals surface area contributed by atoms with Crippen LogP contribution in [0, 0.1) is 5.82 Å². The van der Waals surface area contributed by atoms with Gasteiger partial charge in [-0.05, 0) is 24.5 Å². The van der Waals surface area contributed by atoms with Crippen molar-refractivity contribution in [2.45, 2.75) is 12.8 Å². The van der Waals surface area contributed by atoms with Gasteiger partial charge in [0.05, 0.1) is 5.02 Å². The molecule has 3 heteroatoms. The molecule has 0 aromatic heterocycles. The van der Waals surface area contributed by atoms with Crippen molar-refractivity contribution in [3.8, 4) is 0 Å². The average Bonchev–Trinajstić information content (AvgIpc) is 2.19. The standard InChI is InChI=1S/C11H11Cl2F/c12-8-3-1-2-5-9-6-4-7-10(14)11(9)13/h1-2,4,6-7H,3,5,8H2/b2-1+. The van der Waals surface area contributed by atoms with Gasteiger partial charge in [0, 0.05) is 5.88 Å². The first kappa shape index (κ1) is 11.5. The van der Waals surface area contributed by atoms with E-state index in [-0.39, 0.29) is 10.8 Å². The lowest BCUT2D eigenvalue weighted by molar-refractivity contribution is 0.626. The molecular formula is C11H11Cl2F. The van der Waals surface area contributed by atoms with Gasteiger partial charge in [0.15, 0.2) is 0 Å². The molecule has 0 aliphatic carbocycles. The monoisotopic (exact) mass is 232 g/mol. The molecule has 0 unspecified atom stereocenters. The van der Waals surface area contributed by atoms with Crippen LogP contribution in [0.5, 0.6) is 0 Å². The van der Waals surface area contributed by atoms with Crippen molar-refractivity contribution in [2.24, 2.45) is 0 Å². The van der Waals surface area contributed by atoms with Crippen molar-refractivity contribution in [1.29, 1.82) is 0 Å². The second-order valence-electron chi connectivity index (χ2n) is 2.87. The molecule has 76 valence electrons. The van der Waals surface area contributed by atoms with Crippen LogP contribution in [0.4, 0.5) is 4.39 Å². The van der Waals surface area contributed by atoms with Crippen LogP contribution < -0.4 is 0 Å². The molecule has 0 heterocycles. The van der Waals surface area contributed by atoms with Crippen molar-refractivity contribution in [2.75, 3.05) is 5.88 Å². The Kier molecular flexibility index (Phi) is 4.99. The van der Waals surface area contributed by atoms with Crippen LogP contribution in [0.25, 0.3) is 0 Å². The van der Waals surface area contributed by atoms with Gasteiger partial charge in [-0.15, -0.1) is 11.6 Å². The van der Waals surface area contributed by atoms with E-state index in [1.807, 2.05) is 18.2 Å². The van der Waals surface area contributed by atoms with Crippen LogP contribution in [0.1, 0.15) is 12.0 Å². The highest BCUT2D eigenvalue weighted by Gasteiger charge is 2.02. The second kappa shape index (κ2) is 6.05. The quantitative estimate of drug-likeness (QED) is 0.539. The molecule has 0 saturated heterocycles. The molecule has 0 aliphatic heterocycles. The van der Waals surface area contributed by atoms with E-state index in [1.54, 1.807) is 6.07 Å². The van der Waals surface area contributed by atoms with Crippen molar-refractivity contribution in [3.05, 3.63) is 46.8 Å². The van der Waals surface area contributed by atoms with Gasteiger partial charge in [0.2, 0.25) is 0 Å². The van der Waals surface area contributed by atoms with Gasteiger partial charge in [0.1, 0.15) is 5.82 Å². The first-order valence-electron chi connectivity index (χ1n) is 4.39. The van der Waals surface area contributed by atoms with Crippen LogP contribution in [0.2, 0.25) is 5.02 Å². The van der Waals surface area contributed by atoms with Crippen molar-refractivity contribution in [1.82, 2.24) is 0 Å². The summed E-state index contributed by atoms with van der Waals surface area (Å²) in [7, 11) is 0. The number of allylic oxidation sites excluding steroid dienone is 2. The Morgan fingerprint density at radius 1 is 1.29 bits per heavy atom. The largest absolute Gasteiger partial charge is 0.205 e. The summed E-state index contributed by atoms with van der Waals surface area (Å²) in [5.41, 5.74) is 0.803. The maximum atomic E-state index is 13.0. The summed E-state index contributed by atoms with van der Waals surface area (Å²) in [5.74, 6) is 0.239. The third-order valence-corrected chi connectivity index (χ3v) is 2.45. The van der Waals surface area contributed by atoms with Crippen molar-refractivity contribution >= 4 is 23.2 Å². The smallest absolute Gasteiger partial charge is 0.142 e. The van der Waals surface area contributed by atoms with E-state index in [9.17, 15) is 4.39 Å². The van der Waals surface area contributed by atoms with Gasteiger partial charge in [0.25, 0.3) is 0 Å². The summed E-state index contributed by atoms with van der Waals surface area (Å²) in [5, 5.41) is 0.211. The molecule has 0 atom stereocenters. The normalized spacial score (nSPS) is 11.1. The lowest BCUT2D eigenvalue weighted by Crippen LogP contribution is -1.86. The van der Waals surface area contributed by atoms with Crippen LogP contribution >= 0.6 is 23.2 Å². The Hall–Kier alpha value is -0.530. The molecule has 0 saturated carbocycles. The summed E-state index contributed by atoms with van der Waals surface area (Å²) >= 11 is 11.3. The van der Waals surface area contributed by atoms with Crippen LogP contribution in [0.3, 0.4) is 0 Å². The zero-order valence-corrected chi connectivity index (χ0v) is 9.15. The van der Waals surface area contributed by atoms with E-state index in [2.05, 4.69) is 0 Å². The number of hydrogen-bond donors (Lipinski definition) is 0. The molecule has 0 bridgehead atoms. The molecule has 14 heavy (non-hydrogen) atoms. The van der Waals surface area contributed by atoms with Crippen LogP contribution in [-0.2, 0) is 6.42 Å². The number of alkyl halides is 1. The Labute approximate surface area is 93.3 Å². The predicted molar refractivity (Wildman–Crippen MR) is 59.6 cm³/mol. The molecule has 1 aromatic rings. The highest BCUT2D eigenvalue weighted by molar-refractivity contribution is 6.31. The molecule has 1 aromatic carbocycles. The minimum atomic E-state index is -0.366. The zero-order valence-electron chi connectivity index (χ0n) is 7.64. The third-order valence-electron chi connectivity index (χ3n) is 1.81. The minimum Gasteiger partial charge on any atom is -0.205 e. The van der Waals surface area contributed by atoms with Gasteiger partial charge in [-0.3, -0.25) is 0 Å². The fraction of sp³-hybridized carbons (Fsp3) is 0.273. The first-order valence-corrected chi connectivity index (χ1v) is 5.31. The number of rotatable bonds is 4. The maximum absolute atomic E-state index is 13.0. The van der Waals surface area contributed by atoms with Gasteiger partial charge in [-0.2, -0.15) is 0 Å². The van der Waals surface area contributed by atoms with Gasteiger partial charge in [-0.25, -0.2) is 4.39 Å². The fourth-order valence-corrected chi connectivity index (χ4v) is 1.43. The first-order chi connectivity index (χ1) is 6.75. The predicted octanol–water partition coefficient (Wildman–Crippen LogP) is 4.21. The third kappa shape index (κ3) is 3.32. The highest BCUT2D eigenvalue weighted by Crippen LogP contribution is 2.20. The Bertz CT molecular complexity index is 321. The van der Waals surface area contributed by atoms with Gasteiger partial charge >= 0.3 is 0 Å². The Morgan fingerprint density at radius 2 is 2.07 bits per heavy atom. The molecule has 0 fully saturated rings. The summed E-state index contributed by atoms with van der Waals surface area (Å²) in [4.78, 5) is 0. The molecule has 0 spiro atoms. The molecule has 0 amide bonds. The molecule has 1 rings (SSSR count). The number of halogens is 3. The van der Waals surface area contributed by atoms with Crippen molar-refractivity contribution in [3.63, 3.8) is 0 Å². The van der Waals surface area contributed by atoms with Crippen molar-refractivity contribution < 1.29 is 4.39 Å². The van der Waals surface area contributed by atoms with Gasteiger partial charge < -0.3 is 0 Å². The van der Waals surface area contributed by atoms with Gasteiger partial charge in [-0.1, -0.05) is 35.9 Å².